The molecule has 2 amide bonds. The van der Waals surface area contributed by atoms with E-state index in [2.05, 4.69) is 21.1 Å². The smallest absolute Gasteiger partial charge is 0.369 e. The fourth-order valence-electron chi connectivity index (χ4n) is 4.30. The minimum Gasteiger partial charge on any atom is -0.369 e. The number of carbonyl (C=O) groups is 2. The highest BCUT2D eigenvalue weighted by Crippen LogP contribution is 2.44. The standard InChI is InChI=1S/C25H22ClF3N4O2/c1-4-5-6-16-14(2)30-13-18(16)21-20(23(34)31-24(21)35)17-11-15(33-9-7-32(3)8-10-33)12-19(22(17)26)25(27,28)29/h1,5-6,11-13,30H,7-10H2,2-3H3,(H,31,34,35)/b6-5-. The molecule has 0 spiro atoms. The molecule has 0 aliphatic carbocycles. The van der Waals surface area contributed by atoms with Crippen molar-refractivity contribution in [2.45, 2.75) is 13.1 Å². The van der Waals surface area contributed by atoms with Crippen molar-refractivity contribution < 1.29 is 22.8 Å². The zero-order chi connectivity index (χ0) is 25.5. The maximum atomic E-state index is 14.0. The third-order valence-electron chi connectivity index (χ3n) is 6.17. The summed E-state index contributed by atoms with van der Waals surface area (Å²) in [6.07, 6.45) is 5.08. The molecule has 2 N–H and O–H groups in total. The van der Waals surface area contributed by atoms with Gasteiger partial charge in [-0.05, 0) is 38.3 Å². The molecule has 0 atom stereocenters. The van der Waals surface area contributed by atoms with Crippen molar-refractivity contribution in [3.05, 3.63) is 57.4 Å². The average molecular weight is 503 g/mol. The molecule has 2 aliphatic rings. The van der Waals surface area contributed by atoms with Crippen molar-refractivity contribution in [1.82, 2.24) is 15.2 Å². The van der Waals surface area contributed by atoms with Crippen LogP contribution in [0, 0.1) is 19.3 Å². The van der Waals surface area contributed by atoms with Crippen LogP contribution >= 0.6 is 11.6 Å². The second-order valence-corrected chi connectivity index (χ2v) is 8.80. The Kier molecular flexibility index (Phi) is 6.54. The number of aromatic amines is 1. The number of rotatable bonds is 4. The van der Waals surface area contributed by atoms with Crippen LogP contribution < -0.4 is 10.2 Å². The van der Waals surface area contributed by atoms with Gasteiger partial charge in [0, 0.05) is 60.4 Å². The van der Waals surface area contributed by atoms with E-state index in [1.165, 1.54) is 18.3 Å². The summed E-state index contributed by atoms with van der Waals surface area (Å²) in [6, 6.07) is 2.44. The minimum absolute atomic E-state index is 0.0680. The van der Waals surface area contributed by atoms with E-state index in [0.29, 0.717) is 43.0 Å². The van der Waals surface area contributed by atoms with Crippen molar-refractivity contribution in [2.24, 2.45) is 0 Å². The molecule has 2 aliphatic heterocycles. The summed E-state index contributed by atoms with van der Waals surface area (Å²) < 4.78 is 42.0. The van der Waals surface area contributed by atoms with Gasteiger partial charge in [0.25, 0.3) is 11.8 Å². The fraction of sp³-hybridized carbons (Fsp3) is 0.280. The molecule has 35 heavy (non-hydrogen) atoms. The Morgan fingerprint density at radius 2 is 1.71 bits per heavy atom. The van der Waals surface area contributed by atoms with E-state index in [1.54, 1.807) is 13.0 Å². The molecule has 0 saturated carbocycles. The van der Waals surface area contributed by atoms with Crippen molar-refractivity contribution >= 4 is 46.3 Å². The zero-order valence-corrected chi connectivity index (χ0v) is 19.8. The number of anilines is 1. The Morgan fingerprint density at radius 1 is 1.09 bits per heavy atom. The highest BCUT2D eigenvalue weighted by atomic mass is 35.5. The molecule has 10 heteroatoms. The number of aryl methyl sites for hydroxylation is 1. The maximum Gasteiger partial charge on any atom is 0.417 e. The number of carbonyl (C=O) groups excluding carboxylic acids is 2. The van der Waals surface area contributed by atoms with Gasteiger partial charge in [0.05, 0.1) is 21.7 Å². The number of likely N-dealkylation sites (N-methyl/N-ethyl adjacent to an activating group) is 1. The Hall–Kier alpha value is -3.48. The van der Waals surface area contributed by atoms with Crippen LogP contribution in [-0.4, -0.2) is 54.9 Å². The summed E-state index contributed by atoms with van der Waals surface area (Å²) in [7, 11) is 1.93. The molecule has 1 saturated heterocycles. The zero-order valence-electron chi connectivity index (χ0n) is 19.0. The third kappa shape index (κ3) is 4.59. The van der Waals surface area contributed by atoms with Gasteiger partial charge in [0.2, 0.25) is 0 Å². The topological polar surface area (TPSA) is 68.4 Å². The Bertz CT molecular complexity index is 1310. The molecule has 0 radical (unpaired) electrons. The lowest BCUT2D eigenvalue weighted by molar-refractivity contribution is -0.137. The summed E-state index contributed by atoms with van der Waals surface area (Å²) in [5, 5.41) is 1.57. The number of halogens is 4. The van der Waals surface area contributed by atoms with Crippen molar-refractivity contribution in [3.8, 4) is 12.3 Å². The summed E-state index contributed by atoms with van der Waals surface area (Å²) in [5.74, 6) is 0.815. The molecule has 4 rings (SSSR count). The van der Waals surface area contributed by atoms with E-state index in [4.69, 9.17) is 18.0 Å². The molecule has 1 aromatic carbocycles. The van der Waals surface area contributed by atoms with Gasteiger partial charge in [-0.2, -0.15) is 13.2 Å². The van der Waals surface area contributed by atoms with Crippen molar-refractivity contribution in [2.75, 3.05) is 38.1 Å². The van der Waals surface area contributed by atoms with Gasteiger partial charge in [-0.25, -0.2) is 0 Å². The van der Waals surface area contributed by atoms with E-state index in [0.717, 1.165) is 6.07 Å². The SMILES string of the molecule is C#C/C=C\c1c(C2=C(c3cc(N4CCN(C)CC4)cc(C(F)(F)F)c3Cl)C(=O)NC2=O)c[nH]c1C. The van der Waals surface area contributed by atoms with Crippen LogP contribution in [0.15, 0.2) is 24.4 Å². The highest BCUT2D eigenvalue weighted by Gasteiger charge is 2.40. The lowest BCUT2D eigenvalue weighted by atomic mass is 9.93. The van der Waals surface area contributed by atoms with Gasteiger partial charge in [0.15, 0.2) is 0 Å². The number of nitrogens with zero attached hydrogens (tertiary/aromatic N) is 2. The van der Waals surface area contributed by atoms with Crippen LogP contribution in [0.2, 0.25) is 5.02 Å². The van der Waals surface area contributed by atoms with E-state index in [9.17, 15) is 22.8 Å². The third-order valence-corrected chi connectivity index (χ3v) is 6.58. The van der Waals surface area contributed by atoms with Crippen LogP contribution in [0.1, 0.15) is 27.9 Å². The second kappa shape index (κ2) is 9.29. The predicted octanol–water partition coefficient (Wildman–Crippen LogP) is 3.96. The predicted molar refractivity (Wildman–Crippen MR) is 130 cm³/mol. The number of alkyl halides is 3. The Balaban J connectivity index is 1.98. The Labute approximate surface area is 205 Å². The second-order valence-electron chi connectivity index (χ2n) is 8.42. The largest absolute Gasteiger partial charge is 0.417 e. The molecule has 3 heterocycles. The molecule has 1 fully saturated rings. The first-order valence-electron chi connectivity index (χ1n) is 10.8. The minimum atomic E-state index is -4.76. The van der Waals surface area contributed by atoms with Gasteiger partial charge in [-0.15, -0.1) is 6.42 Å². The molecular weight excluding hydrogens is 481 g/mol. The highest BCUT2D eigenvalue weighted by molar-refractivity contribution is 6.51. The lowest BCUT2D eigenvalue weighted by Gasteiger charge is -2.34. The van der Waals surface area contributed by atoms with Crippen LogP contribution in [-0.2, 0) is 15.8 Å². The fourth-order valence-corrected chi connectivity index (χ4v) is 4.62. The quantitative estimate of drug-likeness (QED) is 0.490. The first-order chi connectivity index (χ1) is 16.5. The van der Waals surface area contributed by atoms with E-state index >= 15 is 0 Å². The number of imide groups is 1. The first kappa shape index (κ1) is 24.6. The van der Waals surface area contributed by atoms with Crippen LogP contribution in [0.5, 0.6) is 0 Å². The molecular formula is C25H22ClF3N4O2. The van der Waals surface area contributed by atoms with E-state index in [-0.39, 0.29) is 22.4 Å². The Morgan fingerprint density at radius 3 is 2.31 bits per heavy atom. The molecule has 6 nitrogen and oxygen atoms in total. The van der Waals surface area contributed by atoms with Gasteiger partial charge in [-0.3, -0.25) is 14.9 Å². The summed E-state index contributed by atoms with van der Waals surface area (Å²) in [6.45, 7) is 4.09. The van der Waals surface area contributed by atoms with Crippen molar-refractivity contribution in [1.29, 1.82) is 0 Å². The molecule has 0 unspecified atom stereocenters. The van der Waals surface area contributed by atoms with Gasteiger partial charge in [0.1, 0.15) is 0 Å². The summed E-state index contributed by atoms with van der Waals surface area (Å²) >= 11 is 6.28. The molecule has 1 aromatic heterocycles. The number of hydrogen-bond donors (Lipinski definition) is 2. The van der Waals surface area contributed by atoms with E-state index < -0.39 is 28.6 Å². The lowest BCUT2D eigenvalue weighted by Crippen LogP contribution is -2.44. The van der Waals surface area contributed by atoms with Crippen LogP contribution in [0.25, 0.3) is 17.2 Å². The number of terminal acetylenes is 1. The monoisotopic (exact) mass is 502 g/mol. The van der Waals surface area contributed by atoms with Crippen molar-refractivity contribution in [3.63, 3.8) is 0 Å². The maximum absolute atomic E-state index is 14.0. The van der Waals surface area contributed by atoms with Crippen LogP contribution in [0.4, 0.5) is 18.9 Å². The average Bonchev–Trinajstić information content (AvgIpc) is 3.29. The van der Waals surface area contributed by atoms with Gasteiger partial charge < -0.3 is 14.8 Å². The van der Waals surface area contributed by atoms with E-state index in [1.807, 2.05) is 11.9 Å². The molecule has 182 valence electrons. The normalized spacial score (nSPS) is 17.5. The molecule has 2 aromatic rings. The number of H-pyrrole nitrogens is 1. The number of amides is 2. The number of piperazine rings is 1. The van der Waals surface area contributed by atoms with Gasteiger partial charge in [-0.1, -0.05) is 17.5 Å². The van der Waals surface area contributed by atoms with Gasteiger partial charge >= 0.3 is 6.18 Å². The van der Waals surface area contributed by atoms with Crippen LogP contribution in [0.3, 0.4) is 0 Å². The number of nitrogens with one attached hydrogen (secondary N) is 2. The molecule has 0 bridgehead atoms. The first-order valence-corrected chi connectivity index (χ1v) is 11.2. The number of aromatic nitrogens is 1. The number of benzene rings is 1. The summed E-state index contributed by atoms with van der Waals surface area (Å²) in [4.78, 5) is 32.7. The number of hydrogen-bond acceptors (Lipinski definition) is 4. The number of allylic oxidation sites excluding steroid dienone is 1. The summed E-state index contributed by atoms with van der Waals surface area (Å²) in [5.41, 5.74) is 0.323.